The molecule has 0 aliphatic rings. The molecule has 0 saturated carbocycles. The molecule has 2 rings (SSSR count). The van der Waals surface area contributed by atoms with Crippen LogP contribution in [0.25, 0.3) is 0 Å². The van der Waals surface area contributed by atoms with E-state index in [1.165, 1.54) is 0 Å². The van der Waals surface area contributed by atoms with Crippen LogP contribution in [0.5, 0.6) is 11.5 Å². The van der Waals surface area contributed by atoms with E-state index in [2.05, 4.69) is 9.88 Å². The topological polar surface area (TPSA) is 54.8 Å². The van der Waals surface area contributed by atoms with Gasteiger partial charge in [0.15, 0.2) is 0 Å². The van der Waals surface area contributed by atoms with Gasteiger partial charge in [-0.15, -0.1) is 11.3 Å². The predicted octanol–water partition coefficient (Wildman–Crippen LogP) is 2.46. The molecule has 0 bridgehead atoms. The molecule has 1 N–H and O–H groups in total. The molecule has 0 fully saturated rings. The molecule has 22 heavy (non-hydrogen) atoms. The number of ether oxygens (including phenoxy) is 2. The van der Waals surface area contributed by atoms with E-state index in [1.54, 1.807) is 25.6 Å². The Labute approximate surface area is 135 Å². The number of thiazole rings is 1. The number of aromatic nitrogens is 1. The molecular formula is C16H22N2O3S. The summed E-state index contributed by atoms with van der Waals surface area (Å²) in [7, 11) is 3.29. The Hall–Kier alpha value is -1.63. The van der Waals surface area contributed by atoms with Gasteiger partial charge in [0.25, 0.3) is 0 Å². The number of nitrogens with zero attached hydrogens (tertiary/aromatic N) is 2. The van der Waals surface area contributed by atoms with Crippen molar-refractivity contribution in [1.29, 1.82) is 0 Å². The van der Waals surface area contributed by atoms with Crippen molar-refractivity contribution in [3.05, 3.63) is 39.8 Å². The zero-order chi connectivity index (χ0) is 15.9. The quantitative estimate of drug-likeness (QED) is 0.809. The van der Waals surface area contributed by atoms with Gasteiger partial charge in [-0.25, -0.2) is 4.98 Å². The molecule has 2 aromatic rings. The van der Waals surface area contributed by atoms with Gasteiger partial charge >= 0.3 is 0 Å². The second kappa shape index (κ2) is 8.12. The maximum atomic E-state index is 9.30. The molecule has 1 aromatic carbocycles. The third kappa shape index (κ3) is 4.43. The summed E-state index contributed by atoms with van der Waals surface area (Å²) in [5.41, 5.74) is 2.09. The van der Waals surface area contributed by atoms with Crippen LogP contribution in [-0.4, -0.2) is 42.4 Å². The average Bonchev–Trinajstić information content (AvgIpc) is 2.93. The van der Waals surface area contributed by atoms with E-state index in [-0.39, 0.29) is 6.61 Å². The van der Waals surface area contributed by atoms with Crippen LogP contribution in [0.2, 0.25) is 0 Å². The van der Waals surface area contributed by atoms with Gasteiger partial charge in [-0.05, 0) is 13.0 Å². The molecule has 5 nitrogen and oxygen atoms in total. The minimum atomic E-state index is 0.114. The van der Waals surface area contributed by atoms with Gasteiger partial charge < -0.3 is 14.6 Å². The molecule has 0 spiro atoms. The van der Waals surface area contributed by atoms with Crippen molar-refractivity contribution in [3.8, 4) is 11.5 Å². The smallest absolute Gasteiger partial charge is 0.127 e. The average molecular weight is 322 g/mol. The van der Waals surface area contributed by atoms with E-state index >= 15 is 0 Å². The Kier molecular flexibility index (Phi) is 6.18. The summed E-state index contributed by atoms with van der Waals surface area (Å²) in [5.74, 6) is 1.56. The summed E-state index contributed by atoms with van der Waals surface area (Å²) < 4.78 is 10.7. The number of rotatable bonds is 8. The Morgan fingerprint density at radius 3 is 2.64 bits per heavy atom. The van der Waals surface area contributed by atoms with Crippen LogP contribution < -0.4 is 9.47 Å². The van der Waals surface area contributed by atoms with Crippen molar-refractivity contribution in [2.45, 2.75) is 20.0 Å². The van der Waals surface area contributed by atoms with E-state index in [1.807, 2.05) is 30.5 Å². The molecule has 0 aliphatic heterocycles. The van der Waals surface area contributed by atoms with Crippen LogP contribution in [0.4, 0.5) is 0 Å². The van der Waals surface area contributed by atoms with Gasteiger partial charge in [0.1, 0.15) is 16.5 Å². The molecular weight excluding hydrogens is 300 g/mol. The summed E-state index contributed by atoms with van der Waals surface area (Å²) in [6, 6.07) is 5.79. The summed E-state index contributed by atoms with van der Waals surface area (Å²) in [4.78, 5) is 6.64. The Bertz CT molecular complexity index is 601. The molecule has 0 saturated heterocycles. The van der Waals surface area contributed by atoms with Gasteiger partial charge in [-0.2, -0.15) is 0 Å². The second-order valence-electron chi connectivity index (χ2n) is 4.99. The van der Waals surface area contributed by atoms with E-state index in [9.17, 15) is 5.11 Å². The molecule has 0 unspecified atom stereocenters. The third-order valence-electron chi connectivity index (χ3n) is 3.33. The lowest BCUT2D eigenvalue weighted by Gasteiger charge is -2.21. The molecule has 0 aliphatic carbocycles. The van der Waals surface area contributed by atoms with Crippen LogP contribution in [0, 0.1) is 6.92 Å². The maximum Gasteiger partial charge on any atom is 0.127 e. The summed E-state index contributed by atoms with van der Waals surface area (Å²) in [6.45, 7) is 4.10. The lowest BCUT2D eigenvalue weighted by atomic mass is 10.1. The molecule has 0 atom stereocenters. The molecule has 0 radical (unpaired) electrons. The molecule has 0 amide bonds. The van der Waals surface area contributed by atoms with Crippen LogP contribution >= 0.6 is 11.3 Å². The summed E-state index contributed by atoms with van der Waals surface area (Å²) in [6.07, 6.45) is 0. The van der Waals surface area contributed by atoms with E-state index in [0.717, 1.165) is 27.8 Å². The third-order valence-corrected chi connectivity index (χ3v) is 4.28. The standard InChI is InChI=1S/C16H22N2O3S/c1-12-11-22-16(17-12)10-18(6-7-19)9-13-4-5-14(20-2)8-15(13)21-3/h4-5,8,11,19H,6-7,9-10H2,1-3H3. The SMILES string of the molecule is COc1ccc(CN(CCO)Cc2nc(C)cs2)c(OC)c1. The zero-order valence-corrected chi connectivity index (χ0v) is 14.0. The van der Waals surface area contributed by atoms with Crippen molar-refractivity contribution >= 4 is 11.3 Å². The number of aryl methyl sites for hydroxylation is 1. The minimum absolute atomic E-state index is 0.114. The summed E-state index contributed by atoms with van der Waals surface area (Å²) >= 11 is 1.64. The normalized spacial score (nSPS) is 11.0. The largest absolute Gasteiger partial charge is 0.497 e. The zero-order valence-electron chi connectivity index (χ0n) is 13.2. The van der Waals surface area contributed by atoms with Gasteiger partial charge in [-0.3, -0.25) is 4.90 Å². The predicted molar refractivity (Wildman–Crippen MR) is 87.6 cm³/mol. The highest BCUT2D eigenvalue weighted by Crippen LogP contribution is 2.26. The number of hydrogen-bond donors (Lipinski definition) is 1. The molecule has 6 heteroatoms. The first-order valence-electron chi connectivity index (χ1n) is 7.11. The fraction of sp³-hybridized carbons (Fsp3) is 0.438. The maximum absolute atomic E-state index is 9.30. The van der Waals surface area contributed by atoms with Crippen molar-refractivity contribution < 1.29 is 14.6 Å². The highest BCUT2D eigenvalue weighted by atomic mass is 32.1. The number of aliphatic hydroxyl groups excluding tert-OH is 1. The van der Waals surface area contributed by atoms with Gasteiger partial charge in [0.2, 0.25) is 0 Å². The Morgan fingerprint density at radius 1 is 1.23 bits per heavy atom. The van der Waals surface area contributed by atoms with Crippen LogP contribution in [0.3, 0.4) is 0 Å². The van der Waals surface area contributed by atoms with Gasteiger partial charge in [0, 0.05) is 35.8 Å². The first-order valence-corrected chi connectivity index (χ1v) is 7.99. The van der Waals surface area contributed by atoms with Crippen molar-refractivity contribution in [3.63, 3.8) is 0 Å². The Morgan fingerprint density at radius 2 is 2.05 bits per heavy atom. The van der Waals surface area contributed by atoms with E-state index in [0.29, 0.717) is 19.6 Å². The number of methoxy groups -OCH3 is 2. The van der Waals surface area contributed by atoms with Crippen molar-refractivity contribution in [2.75, 3.05) is 27.4 Å². The number of benzene rings is 1. The fourth-order valence-corrected chi connectivity index (χ4v) is 3.06. The van der Waals surface area contributed by atoms with Gasteiger partial charge in [-0.1, -0.05) is 6.07 Å². The monoisotopic (exact) mass is 322 g/mol. The van der Waals surface area contributed by atoms with Gasteiger partial charge in [0.05, 0.1) is 27.4 Å². The highest BCUT2D eigenvalue weighted by molar-refractivity contribution is 7.09. The lowest BCUT2D eigenvalue weighted by Crippen LogP contribution is -2.26. The van der Waals surface area contributed by atoms with E-state index in [4.69, 9.17) is 9.47 Å². The van der Waals surface area contributed by atoms with Crippen LogP contribution in [0.15, 0.2) is 23.6 Å². The fourth-order valence-electron chi connectivity index (χ4n) is 2.25. The van der Waals surface area contributed by atoms with Crippen molar-refractivity contribution in [2.24, 2.45) is 0 Å². The second-order valence-corrected chi connectivity index (χ2v) is 5.94. The number of aliphatic hydroxyl groups is 1. The van der Waals surface area contributed by atoms with Crippen LogP contribution in [0.1, 0.15) is 16.3 Å². The minimum Gasteiger partial charge on any atom is -0.497 e. The first kappa shape index (κ1) is 16.7. The lowest BCUT2D eigenvalue weighted by molar-refractivity contribution is 0.182. The van der Waals surface area contributed by atoms with Crippen LogP contribution in [-0.2, 0) is 13.1 Å². The molecule has 1 aromatic heterocycles. The summed E-state index contributed by atoms with van der Waals surface area (Å²) in [5, 5.41) is 12.4. The molecule has 1 heterocycles. The first-order chi connectivity index (χ1) is 10.7. The number of hydrogen-bond acceptors (Lipinski definition) is 6. The highest BCUT2D eigenvalue weighted by Gasteiger charge is 2.13. The molecule has 120 valence electrons. The van der Waals surface area contributed by atoms with Crippen molar-refractivity contribution in [1.82, 2.24) is 9.88 Å². The van der Waals surface area contributed by atoms with E-state index < -0.39 is 0 Å². The Balaban J connectivity index is 2.13.